The van der Waals surface area contributed by atoms with E-state index in [2.05, 4.69) is 4.90 Å². The van der Waals surface area contributed by atoms with Crippen LogP contribution in [0.3, 0.4) is 0 Å². The number of hydrogen-bond acceptors (Lipinski definition) is 2. The Morgan fingerprint density at radius 3 is 2.25 bits per heavy atom. The highest BCUT2D eigenvalue weighted by molar-refractivity contribution is 5.21. The van der Waals surface area contributed by atoms with Crippen molar-refractivity contribution in [1.82, 2.24) is 4.90 Å². The lowest BCUT2D eigenvalue weighted by Crippen LogP contribution is -2.37. The van der Waals surface area contributed by atoms with Crippen molar-refractivity contribution >= 4 is 0 Å². The number of likely N-dealkylation sites (tertiary alicyclic amines) is 1. The van der Waals surface area contributed by atoms with Crippen molar-refractivity contribution in [2.45, 2.75) is 31.8 Å². The molecule has 2 N–H and O–H groups in total. The molecule has 0 spiro atoms. The van der Waals surface area contributed by atoms with Gasteiger partial charge in [0.25, 0.3) is 0 Å². The molecule has 1 aromatic carbocycles. The van der Waals surface area contributed by atoms with Crippen LogP contribution in [0, 0.1) is 5.82 Å². The van der Waals surface area contributed by atoms with Gasteiger partial charge in [0, 0.05) is 12.1 Å². The highest BCUT2D eigenvalue weighted by atomic mass is 19.1. The molecule has 0 amide bonds. The molecule has 1 fully saturated rings. The first-order valence-electron chi connectivity index (χ1n) is 5.93. The zero-order valence-electron chi connectivity index (χ0n) is 9.70. The number of halogens is 1. The van der Waals surface area contributed by atoms with Gasteiger partial charge in [-0.25, -0.2) is 4.39 Å². The molecule has 2 rings (SSSR count). The van der Waals surface area contributed by atoms with Gasteiger partial charge >= 0.3 is 0 Å². The predicted octanol–water partition coefficient (Wildman–Crippen LogP) is 2.31. The molecule has 0 aliphatic carbocycles. The molecular weight excluding hydrogens is 203 g/mol. The molecule has 0 bridgehead atoms. The molecule has 0 radical (unpaired) electrons. The third kappa shape index (κ3) is 2.42. The minimum atomic E-state index is -0.186. The van der Waals surface area contributed by atoms with E-state index in [1.54, 1.807) is 0 Å². The second-order valence-corrected chi connectivity index (χ2v) is 4.60. The molecule has 1 aliphatic heterocycles. The van der Waals surface area contributed by atoms with Gasteiger partial charge in [0.1, 0.15) is 5.82 Å². The summed E-state index contributed by atoms with van der Waals surface area (Å²) in [5, 5.41) is 0. The summed E-state index contributed by atoms with van der Waals surface area (Å²) >= 11 is 0. The average molecular weight is 222 g/mol. The van der Waals surface area contributed by atoms with Crippen LogP contribution in [0.1, 0.15) is 31.4 Å². The molecule has 1 aromatic rings. The lowest BCUT2D eigenvalue weighted by atomic mass is 9.99. The Hall–Kier alpha value is -0.930. The van der Waals surface area contributed by atoms with Crippen molar-refractivity contribution in [2.75, 3.05) is 13.1 Å². The lowest BCUT2D eigenvalue weighted by Gasteiger charge is -2.31. The zero-order chi connectivity index (χ0) is 11.5. The smallest absolute Gasteiger partial charge is 0.123 e. The topological polar surface area (TPSA) is 29.3 Å². The first-order valence-corrected chi connectivity index (χ1v) is 5.93. The third-order valence-electron chi connectivity index (χ3n) is 3.24. The van der Waals surface area contributed by atoms with Crippen LogP contribution in [0.4, 0.5) is 4.39 Å². The summed E-state index contributed by atoms with van der Waals surface area (Å²) in [6.45, 7) is 4.22. The van der Waals surface area contributed by atoms with Crippen molar-refractivity contribution in [1.29, 1.82) is 0 Å². The average Bonchev–Trinajstić information content (AvgIpc) is 2.74. The predicted molar refractivity (Wildman–Crippen MR) is 63.6 cm³/mol. The van der Waals surface area contributed by atoms with Crippen molar-refractivity contribution in [3.63, 3.8) is 0 Å². The molecule has 2 nitrogen and oxygen atoms in total. The van der Waals surface area contributed by atoms with Gasteiger partial charge < -0.3 is 5.73 Å². The number of hydrogen-bond donors (Lipinski definition) is 1. The normalized spacial score (nSPS) is 20.9. The van der Waals surface area contributed by atoms with E-state index in [9.17, 15) is 4.39 Å². The van der Waals surface area contributed by atoms with Crippen molar-refractivity contribution < 1.29 is 4.39 Å². The van der Waals surface area contributed by atoms with Gasteiger partial charge in [0.05, 0.1) is 0 Å². The van der Waals surface area contributed by atoms with Crippen LogP contribution < -0.4 is 5.73 Å². The number of benzene rings is 1. The highest BCUT2D eigenvalue weighted by Crippen LogP contribution is 2.27. The van der Waals surface area contributed by atoms with E-state index in [1.165, 1.54) is 25.0 Å². The van der Waals surface area contributed by atoms with Crippen LogP contribution in [-0.2, 0) is 0 Å². The van der Waals surface area contributed by atoms with Gasteiger partial charge in [-0.15, -0.1) is 0 Å². The quantitative estimate of drug-likeness (QED) is 0.850. The summed E-state index contributed by atoms with van der Waals surface area (Å²) in [7, 11) is 0. The molecule has 2 atom stereocenters. The minimum Gasteiger partial charge on any atom is -0.326 e. The summed E-state index contributed by atoms with van der Waals surface area (Å²) in [5.74, 6) is -0.186. The molecular formula is C13H19FN2. The zero-order valence-corrected chi connectivity index (χ0v) is 9.70. The molecule has 0 saturated carbocycles. The Morgan fingerprint density at radius 2 is 1.75 bits per heavy atom. The Balaban J connectivity index is 2.21. The fourth-order valence-corrected chi connectivity index (χ4v) is 2.53. The Morgan fingerprint density at radius 1 is 1.19 bits per heavy atom. The van der Waals surface area contributed by atoms with E-state index in [0.717, 1.165) is 18.7 Å². The minimum absolute atomic E-state index is 0.0727. The SMILES string of the molecule is CC(N)C(c1ccc(F)cc1)N1CCCC1. The maximum absolute atomic E-state index is 12.9. The fourth-order valence-electron chi connectivity index (χ4n) is 2.53. The van der Waals surface area contributed by atoms with Gasteiger partial charge in [0.2, 0.25) is 0 Å². The lowest BCUT2D eigenvalue weighted by molar-refractivity contribution is 0.219. The molecule has 1 saturated heterocycles. The Kier molecular flexibility index (Phi) is 3.56. The standard InChI is InChI=1S/C13H19FN2/c1-10(15)13(16-8-2-3-9-16)11-4-6-12(14)7-5-11/h4-7,10,13H,2-3,8-9,15H2,1H3. The van der Waals surface area contributed by atoms with E-state index in [0.29, 0.717) is 0 Å². The molecule has 88 valence electrons. The second-order valence-electron chi connectivity index (χ2n) is 4.60. The maximum Gasteiger partial charge on any atom is 0.123 e. The Labute approximate surface area is 96.2 Å². The summed E-state index contributed by atoms with van der Waals surface area (Å²) < 4.78 is 12.9. The Bertz CT molecular complexity index is 328. The van der Waals surface area contributed by atoms with Gasteiger partial charge in [-0.3, -0.25) is 4.90 Å². The van der Waals surface area contributed by atoms with Gasteiger partial charge in [-0.05, 0) is 50.6 Å². The largest absolute Gasteiger partial charge is 0.326 e. The van der Waals surface area contributed by atoms with E-state index in [1.807, 2.05) is 19.1 Å². The number of nitrogens with two attached hydrogens (primary N) is 1. The van der Waals surface area contributed by atoms with Crippen LogP contribution in [-0.4, -0.2) is 24.0 Å². The third-order valence-corrected chi connectivity index (χ3v) is 3.24. The van der Waals surface area contributed by atoms with E-state index >= 15 is 0 Å². The molecule has 0 aromatic heterocycles. The van der Waals surface area contributed by atoms with Gasteiger partial charge in [-0.1, -0.05) is 12.1 Å². The van der Waals surface area contributed by atoms with E-state index in [4.69, 9.17) is 5.73 Å². The van der Waals surface area contributed by atoms with Gasteiger partial charge in [-0.2, -0.15) is 0 Å². The summed E-state index contributed by atoms with van der Waals surface area (Å²) in [6.07, 6.45) is 2.48. The first kappa shape index (κ1) is 11.6. The van der Waals surface area contributed by atoms with Crippen molar-refractivity contribution in [3.05, 3.63) is 35.6 Å². The molecule has 1 aliphatic rings. The number of rotatable bonds is 3. The molecule has 2 unspecified atom stereocenters. The molecule has 1 heterocycles. The fraction of sp³-hybridized carbons (Fsp3) is 0.538. The summed E-state index contributed by atoms with van der Waals surface area (Å²) in [4.78, 5) is 2.40. The van der Waals surface area contributed by atoms with Crippen molar-refractivity contribution in [3.8, 4) is 0 Å². The first-order chi connectivity index (χ1) is 7.68. The van der Waals surface area contributed by atoms with Crippen LogP contribution >= 0.6 is 0 Å². The summed E-state index contributed by atoms with van der Waals surface area (Å²) in [6, 6.07) is 7.02. The number of nitrogens with zero attached hydrogens (tertiary/aromatic N) is 1. The van der Waals surface area contributed by atoms with Crippen LogP contribution in [0.15, 0.2) is 24.3 Å². The van der Waals surface area contributed by atoms with E-state index < -0.39 is 0 Å². The van der Waals surface area contributed by atoms with Crippen LogP contribution in [0.2, 0.25) is 0 Å². The monoisotopic (exact) mass is 222 g/mol. The second kappa shape index (κ2) is 4.93. The van der Waals surface area contributed by atoms with Crippen LogP contribution in [0.25, 0.3) is 0 Å². The van der Waals surface area contributed by atoms with Crippen molar-refractivity contribution in [2.24, 2.45) is 5.73 Å². The van der Waals surface area contributed by atoms with Gasteiger partial charge in [0.15, 0.2) is 0 Å². The maximum atomic E-state index is 12.9. The summed E-state index contributed by atoms with van der Waals surface area (Å²) in [5.41, 5.74) is 7.17. The van der Waals surface area contributed by atoms with E-state index in [-0.39, 0.29) is 17.9 Å². The molecule has 16 heavy (non-hydrogen) atoms. The highest BCUT2D eigenvalue weighted by Gasteiger charge is 2.26. The van der Waals surface area contributed by atoms with Crippen LogP contribution in [0.5, 0.6) is 0 Å². The molecule has 3 heteroatoms.